The zero-order valence-electron chi connectivity index (χ0n) is 16.3. The molecular formula is C23H24N4O2. The lowest BCUT2D eigenvalue weighted by Gasteiger charge is -2.28. The molecule has 2 saturated heterocycles. The van der Waals surface area contributed by atoms with E-state index in [-0.39, 0.29) is 11.8 Å². The second-order valence-corrected chi connectivity index (χ2v) is 7.89. The highest BCUT2D eigenvalue weighted by atomic mass is 16.2. The molecule has 0 aliphatic carbocycles. The first-order valence-corrected chi connectivity index (χ1v) is 10.1. The molecule has 3 heterocycles. The topological polar surface area (TPSA) is 77.3 Å². The number of likely N-dealkylation sites (tertiary alicyclic amines) is 2. The minimum absolute atomic E-state index is 0.0123. The molecule has 0 N–H and O–H groups in total. The monoisotopic (exact) mass is 388 g/mol. The van der Waals surface area contributed by atoms with E-state index in [2.05, 4.69) is 11.1 Å². The van der Waals surface area contributed by atoms with Gasteiger partial charge in [-0.25, -0.2) is 0 Å². The second kappa shape index (κ2) is 8.44. The molecule has 1 aromatic heterocycles. The van der Waals surface area contributed by atoms with Crippen LogP contribution in [0.15, 0.2) is 48.8 Å². The Morgan fingerprint density at radius 3 is 2.79 bits per heavy atom. The first-order chi connectivity index (χ1) is 14.1. The van der Waals surface area contributed by atoms with Gasteiger partial charge in [0.05, 0.1) is 11.6 Å². The van der Waals surface area contributed by atoms with Crippen LogP contribution >= 0.6 is 0 Å². The Labute approximate surface area is 170 Å². The number of rotatable bonds is 5. The summed E-state index contributed by atoms with van der Waals surface area (Å²) < 4.78 is 0. The number of carbonyl (C=O) groups is 2. The van der Waals surface area contributed by atoms with Gasteiger partial charge in [0.15, 0.2) is 0 Å². The van der Waals surface area contributed by atoms with Crippen molar-refractivity contribution < 1.29 is 9.59 Å². The van der Waals surface area contributed by atoms with Crippen molar-refractivity contribution in [3.63, 3.8) is 0 Å². The van der Waals surface area contributed by atoms with Crippen LogP contribution in [0.4, 0.5) is 0 Å². The standard InChI is InChI=1S/C23H24N4O2/c24-14-18-2-1-3-19(13-18)16-27-21(4-5-22(27)28)23(29)26-11-8-20(15-26)12-17-6-9-25-10-7-17/h1-3,6-7,9-10,13,20-21H,4-5,8,11-12,15-16H2. The van der Waals surface area contributed by atoms with Crippen molar-refractivity contribution in [1.82, 2.24) is 14.8 Å². The Morgan fingerprint density at radius 1 is 1.17 bits per heavy atom. The molecule has 4 rings (SSSR count). The number of carbonyl (C=O) groups excluding carboxylic acids is 2. The molecule has 2 aromatic rings. The Balaban J connectivity index is 1.40. The normalized spacial score (nSPS) is 21.4. The van der Waals surface area contributed by atoms with E-state index in [0.29, 0.717) is 30.9 Å². The number of hydrogen-bond donors (Lipinski definition) is 0. The van der Waals surface area contributed by atoms with Crippen LogP contribution in [-0.4, -0.2) is 45.7 Å². The average molecular weight is 388 g/mol. The molecule has 2 fully saturated rings. The number of nitriles is 1. The molecule has 148 valence electrons. The Hall–Kier alpha value is -3.20. The molecule has 0 radical (unpaired) electrons. The van der Waals surface area contributed by atoms with Crippen LogP contribution in [0.2, 0.25) is 0 Å². The van der Waals surface area contributed by atoms with Crippen LogP contribution in [0, 0.1) is 17.2 Å². The molecule has 6 nitrogen and oxygen atoms in total. The summed E-state index contributed by atoms with van der Waals surface area (Å²) in [6, 6.07) is 13.0. The number of amides is 2. The van der Waals surface area contributed by atoms with E-state index in [4.69, 9.17) is 5.26 Å². The maximum atomic E-state index is 13.2. The third-order valence-electron chi connectivity index (χ3n) is 5.89. The number of nitrogens with zero attached hydrogens (tertiary/aromatic N) is 4. The third-order valence-corrected chi connectivity index (χ3v) is 5.89. The third kappa shape index (κ3) is 4.29. The quantitative estimate of drug-likeness (QED) is 0.789. The van der Waals surface area contributed by atoms with Crippen LogP contribution in [0.25, 0.3) is 0 Å². The highest BCUT2D eigenvalue weighted by Crippen LogP contribution is 2.27. The molecule has 29 heavy (non-hydrogen) atoms. The molecule has 6 heteroatoms. The van der Waals surface area contributed by atoms with E-state index >= 15 is 0 Å². The molecule has 2 amide bonds. The molecule has 2 aliphatic rings. The van der Waals surface area contributed by atoms with Gasteiger partial charge < -0.3 is 9.80 Å². The van der Waals surface area contributed by atoms with Gasteiger partial charge in [0.25, 0.3) is 0 Å². The lowest BCUT2D eigenvalue weighted by Crippen LogP contribution is -2.45. The van der Waals surface area contributed by atoms with Crippen molar-refractivity contribution in [3.05, 3.63) is 65.5 Å². The first-order valence-electron chi connectivity index (χ1n) is 10.1. The van der Waals surface area contributed by atoms with E-state index in [1.54, 1.807) is 29.4 Å². The Bertz CT molecular complexity index is 937. The summed E-state index contributed by atoms with van der Waals surface area (Å²) >= 11 is 0. The van der Waals surface area contributed by atoms with Crippen LogP contribution in [0.5, 0.6) is 0 Å². The van der Waals surface area contributed by atoms with Crippen molar-refractivity contribution >= 4 is 11.8 Å². The van der Waals surface area contributed by atoms with Crippen LogP contribution in [-0.2, 0) is 22.6 Å². The maximum Gasteiger partial charge on any atom is 0.245 e. The van der Waals surface area contributed by atoms with Gasteiger partial charge >= 0.3 is 0 Å². The fraction of sp³-hybridized carbons (Fsp3) is 0.391. The van der Waals surface area contributed by atoms with Gasteiger partial charge in [-0.05, 0) is 60.6 Å². The minimum Gasteiger partial charge on any atom is -0.341 e. The van der Waals surface area contributed by atoms with Gasteiger partial charge in [0.1, 0.15) is 6.04 Å². The largest absolute Gasteiger partial charge is 0.341 e. The van der Waals surface area contributed by atoms with Crippen LogP contribution < -0.4 is 0 Å². The van der Waals surface area contributed by atoms with Crippen molar-refractivity contribution in [1.29, 1.82) is 5.26 Å². The maximum absolute atomic E-state index is 13.2. The van der Waals surface area contributed by atoms with Gasteiger partial charge in [-0.15, -0.1) is 0 Å². The SMILES string of the molecule is N#Cc1cccc(CN2C(=O)CCC2C(=O)N2CCC(Cc3ccncc3)C2)c1. The first kappa shape index (κ1) is 19.1. The second-order valence-electron chi connectivity index (χ2n) is 7.89. The van der Waals surface area contributed by atoms with Crippen molar-refractivity contribution in [2.24, 2.45) is 5.92 Å². The number of aromatic nitrogens is 1. The minimum atomic E-state index is -0.395. The van der Waals surface area contributed by atoms with E-state index in [1.807, 2.05) is 29.2 Å². The van der Waals surface area contributed by atoms with Crippen LogP contribution in [0.3, 0.4) is 0 Å². The molecule has 0 spiro atoms. The van der Waals surface area contributed by atoms with Crippen LogP contribution in [0.1, 0.15) is 36.0 Å². The predicted molar refractivity (Wildman–Crippen MR) is 107 cm³/mol. The highest BCUT2D eigenvalue weighted by molar-refractivity contribution is 5.91. The molecule has 2 unspecified atom stereocenters. The molecule has 2 aliphatic heterocycles. The van der Waals surface area contributed by atoms with E-state index in [9.17, 15) is 9.59 Å². The lowest BCUT2D eigenvalue weighted by atomic mass is 10.00. The fourth-order valence-electron chi connectivity index (χ4n) is 4.39. The van der Waals surface area contributed by atoms with Gasteiger partial charge in [-0.3, -0.25) is 14.6 Å². The Morgan fingerprint density at radius 2 is 2.00 bits per heavy atom. The fourth-order valence-corrected chi connectivity index (χ4v) is 4.39. The number of hydrogen-bond acceptors (Lipinski definition) is 4. The smallest absolute Gasteiger partial charge is 0.245 e. The average Bonchev–Trinajstić information content (AvgIpc) is 3.36. The summed E-state index contributed by atoms with van der Waals surface area (Å²) in [5, 5.41) is 9.09. The summed E-state index contributed by atoms with van der Waals surface area (Å²) in [5.74, 6) is 0.516. The van der Waals surface area contributed by atoms with Crippen molar-refractivity contribution in [2.45, 2.75) is 38.3 Å². The molecular weight excluding hydrogens is 364 g/mol. The summed E-state index contributed by atoms with van der Waals surface area (Å²) in [6.07, 6.45) is 6.51. The molecule has 1 aromatic carbocycles. The zero-order valence-corrected chi connectivity index (χ0v) is 16.3. The Kier molecular flexibility index (Phi) is 5.57. The van der Waals surface area contributed by atoms with Gasteiger partial charge in [-0.2, -0.15) is 5.26 Å². The van der Waals surface area contributed by atoms with E-state index in [0.717, 1.165) is 31.5 Å². The zero-order chi connectivity index (χ0) is 20.2. The van der Waals surface area contributed by atoms with Gasteiger partial charge in [0, 0.05) is 38.4 Å². The summed E-state index contributed by atoms with van der Waals surface area (Å²) in [7, 11) is 0. The molecule has 0 bridgehead atoms. The molecule has 2 atom stereocenters. The van der Waals surface area contributed by atoms with Gasteiger partial charge in [0.2, 0.25) is 11.8 Å². The molecule has 0 saturated carbocycles. The van der Waals surface area contributed by atoms with Gasteiger partial charge in [-0.1, -0.05) is 12.1 Å². The van der Waals surface area contributed by atoms with Crippen molar-refractivity contribution in [2.75, 3.05) is 13.1 Å². The highest BCUT2D eigenvalue weighted by Gasteiger charge is 2.40. The number of benzene rings is 1. The summed E-state index contributed by atoms with van der Waals surface area (Å²) in [4.78, 5) is 33.3. The van der Waals surface area contributed by atoms with Crippen molar-refractivity contribution in [3.8, 4) is 6.07 Å². The van der Waals surface area contributed by atoms with E-state index < -0.39 is 6.04 Å². The summed E-state index contributed by atoms with van der Waals surface area (Å²) in [6.45, 7) is 1.86. The lowest BCUT2D eigenvalue weighted by molar-refractivity contribution is -0.141. The summed E-state index contributed by atoms with van der Waals surface area (Å²) in [5.41, 5.74) is 2.69. The number of pyridine rings is 1. The predicted octanol–water partition coefficient (Wildman–Crippen LogP) is 2.54. The van der Waals surface area contributed by atoms with E-state index in [1.165, 1.54) is 5.56 Å².